The predicted molar refractivity (Wildman–Crippen MR) is 92.6 cm³/mol. The molecule has 0 aromatic carbocycles. The van der Waals surface area contributed by atoms with E-state index < -0.39 is 5.97 Å². The monoisotopic (exact) mass is 334 g/mol. The number of hydrogen-bond acceptors (Lipinski definition) is 4. The van der Waals surface area contributed by atoms with Gasteiger partial charge in [0.15, 0.2) is 10.8 Å². The zero-order valence-electron chi connectivity index (χ0n) is 13.6. The Balaban J connectivity index is 2.54. The van der Waals surface area contributed by atoms with Crippen LogP contribution in [0.4, 0.5) is 5.69 Å². The molecule has 2 heterocycles. The van der Waals surface area contributed by atoms with E-state index >= 15 is 0 Å². The van der Waals surface area contributed by atoms with Gasteiger partial charge in [-0.15, -0.1) is 0 Å². The average Bonchev–Trinajstić information content (AvgIpc) is 2.65. The number of carbonyl (C=O) groups excluding carboxylic acids is 1. The molecular weight excluding hydrogens is 312 g/mol. The fourth-order valence-electron chi connectivity index (χ4n) is 2.89. The summed E-state index contributed by atoms with van der Waals surface area (Å²) in [5.74, 6) is -0.418. The standard InChI is InChI=1S/C16H22N4O2S/c1-3-18-16(23)19-13-11(10-17)12-8-6-5-7-9-20(12)14(13)15(21)22-4-2/h3-9H2,1-2H3,(H2,18,19,23). The van der Waals surface area contributed by atoms with Gasteiger partial charge in [0, 0.05) is 18.8 Å². The molecule has 0 saturated carbocycles. The predicted octanol–water partition coefficient (Wildman–Crippen LogP) is 2.57. The first-order chi connectivity index (χ1) is 11.1. The molecule has 0 fully saturated rings. The lowest BCUT2D eigenvalue weighted by atomic mass is 10.1. The largest absolute Gasteiger partial charge is 0.461 e. The number of aromatic nitrogens is 1. The number of nitrogens with one attached hydrogen (secondary N) is 2. The van der Waals surface area contributed by atoms with Crippen LogP contribution in [0, 0.1) is 11.3 Å². The van der Waals surface area contributed by atoms with Gasteiger partial charge in [-0.05, 0) is 45.3 Å². The molecule has 0 radical (unpaired) electrons. The summed E-state index contributed by atoms with van der Waals surface area (Å²) in [6.07, 6.45) is 3.87. The Labute approximate surface area is 141 Å². The molecule has 7 heteroatoms. The van der Waals surface area contributed by atoms with Crippen molar-refractivity contribution in [3.63, 3.8) is 0 Å². The van der Waals surface area contributed by atoms with Gasteiger partial charge in [-0.3, -0.25) is 0 Å². The minimum Gasteiger partial charge on any atom is -0.461 e. The van der Waals surface area contributed by atoms with Gasteiger partial charge in [0.25, 0.3) is 0 Å². The summed E-state index contributed by atoms with van der Waals surface area (Å²) in [6, 6.07) is 2.24. The van der Waals surface area contributed by atoms with Crippen LogP contribution in [0.5, 0.6) is 0 Å². The lowest BCUT2D eigenvalue weighted by molar-refractivity contribution is 0.0514. The van der Waals surface area contributed by atoms with E-state index in [9.17, 15) is 10.1 Å². The van der Waals surface area contributed by atoms with E-state index in [-0.39, 0.29) is 0 Å². The van der Waals surface area contributed by atoms with E-state index in [2.05, 4.69) is 16.7 Å². The molecule has 0 amide bonds. The van der Waals surface area contributed by atoms with E-state index in [1.165, 1.54) is 0 Å². The second kappa shape index (κ2) is 7.97. The average molecular weight is 334 g/mol. The lowest BCUT2D eigenvalue weighted by Gasteiger charge is -2.12. The van der Waals surface area contributed by atoms with E-state index in [1.807, 2.05) is 11.5 Å². The normalized spacial score (nSPS) is 13.4. The Morgan fingerprint density at radius 1 is 1.39 bits per heavy atom. The van der Waals surface area contributed by atoms with Gasteiger partial charge in [0.05, 0.1) is 17.9 Å². The Morgan fingerprint density at radius 3 is 2.83 bits per heavy atom. The number of nitriles is 1. The summed E-state index contributed by atoms with van der Waals surface area (Å²) in [5.41, 5.74) is 2.26. The fraction of sp³-hybridized carbons (Fsp3) is 0.562. The van der Waals surface area contributed by atoms with Crippen molar-refractivity contribution in [2.75, 3.05) is 18.5 Å². The number of nitrogens with zero attached hydrogens (tertiary/aromatic N) is 2. The van der Waals surface area contributed by atoms with Crippen LogP contribution in [0.2, 0.25) is 0 Å². The third-order valence-corrected chi connectivity index (χ3v) is 4.07. The van der Waals surface area contributed by atoms with Crippen LogP contribution in [0.3, 0.4) is 0 Å². The number of thiocarbonyl (C=S) groups is 1. The zero-order valence-corrected chi connectivity index (χ0v) is 14.4. The first kappa shape index (κ1) is 17.3. The fourth-order valence-corrected chi connectivity index (χ4v) is 3.13. The van der Waals surface area contributed by atoms with Gasteiger partial charge in [-0.25, -0.2) is 4.79 Å². The maximum absolute atomic E-state index is 12.5. The topological polar surface area (TPSA) is 79.1 Å². The summed E-state index contributed by atoms with van der Waals surface area (Å²) < 4.78 is 7.13. The summed E-state index contributed by atoms with van der Waals surface area (Å²) in [5, 5.41) is 16.0. The van der Waals surface area contributed by atoms with Crippen molar-refractivity contribution in [3.05, 3.63) is 17.0 Å². The molecule has 124 valence electrons. The van der Waals surface area contributed by atoms with Gasteiger partial charge in [0.1, 0.15) is 6.07 Å². The first-order valence-corrected chi connectivity index (χ1v) is 8.42. The molecule has 1 aliphatic heterocycles. The Morgan fingerprint density at radius 2 is 2.17 bits per heavy atom. The minimum atomic E-state index is -0.418. The van der Waals surface area contributed by atoms with Crippen LogP contribution in [0.1, 0.15) is 54.9 Å². The molecule has 0 spiro atoms. The summed E-state index contributed by atoms with van der Waals surface area (Å²) in [7, 11) is 0. The van der Waals surface area contributed by atoms with Crippen LogP contribution in [0.15, 0.2) is 0 Å². The lowest BCUT2D eigenvalue weighted by Crippen LogP contribution is -2.29. The highest BCUT2D eigenvalue weighted by atomic mass is 32.1. The molecule has 2 rings (SSSR count). The zero-order chi connectivity index (χ0) is 16.8. The molecule has 6 nitrogen and oxygen atoms in total. The molecule has 23 heavy (non-hydrogen) atoms. The van der Waals surface area contributed by atoms with Crippen molar-refractivity contribution in [1.82, 2.24) is 9.88 Å². The third kappa shape index (κ3) is 3.64. The van der Waals surface area contributed by atoms with Gasteiger partial charge >= 0.3 is 5.97 Å². The molecular formula is C16H22N4O2S. The van der Waals surface area contributed by atoms with Gasteiger partial charge in [0.2, 0.25) is 0 Å². The number of hydrogen-bond donors (Lipinski definition) is 2. The van der Waals surface area contributed by atoms with Gasteiger partial charge in [-0.2, -0.15) is 5.26 Å². The first-order valence-electron chi connectivity index (χ1n) is 8.01. The van der Waals surface area contributed by atoms with Crippen LogP contribution in [-0.4, -0.2) is 28.8 Å². The maximum Gasteiger partial charge on any atom is 0.357 e. The number of fused-ring (bicyclic) bond motifs is 1. The number of esters is 1. The van der Waals surface area contributed by atoms with E-state index in [0.717, 1.165) is 31.4 Å². The van der Waals surface area contributed by atoms with E-state index in [1.54, 1.807) is 6.92 Å². The van der Waals surface area contributed by atoms with Crippen molar-refractivity contribution in [3.8, 4) is 6.07 Å². The van der Waals surface area contributed by atoms with Crippen LogP contribution >= 0.6 is 12.2 Å². The number of ether oxygens (including phenoxy) is 1. The Bertz CT molecular complexity index is 645. The third-order valence-electron chi connectivity index (χ3n) is 3.82. The molecule has 0 aliphatic carbocycles. The van der Waals surface area contributed by atoms with E-state index in [4.69, 9.17) is 17.0 Å². The minimum absolute atomic E-state index is 0.290. The molecule has 2 N–H and O–H groups in total. The Hall–Kier alpha value is -2.07. The number of anilines is 1. The smallest absolute Gasteiger partial charge is 0.357 e. The van der Waals surface area contributed by atoms with Crippen molar-refractivity contribution in [1.29, 1.82) is 5.26 Å². The molecule has 1 aromatic heterocycles. The summed E-state index contributed by atoms with van der Waals surface area (Å²) in [4.78, 5) is 12.5. The highest BCUT2D eigenvalue weighted by molar-refractivity contribution is 7.80. The molecule has 0 saturated heterocycles. The molecule has 0 bridgehead atoms. The Kier molecular flexibility index (Phi) is 5.99. The van der Waals surface area contributed by atoms with Crippen molar-refractivity contribution >= 4 is 29.0 Å². The highest BCUT2D eigenvalue weighted by Gasteiger charge is 2.29. The number of carbonyl (C=O) groups is 1. The van der Waals surface area contributed by atoms with Crippen LogP contribution in [-0.2, 0) is 17.7 Å². The van der Waals surface area contributed by atoms with Crippen LogP contribution < -0.4 is 10.6 Å². The molecule has 1 aromatic rings. The quantitative estimate of drug-likeness (QED) is 0.651. The van der Waals surface area contributed by atoms with Crippen molar-refractivity contribution in [2.45, 2.75) is 46.1 Å². The van der Waals surface area contributed by atoms with Gasteiger partial charge < -0.3 is 19.9 Å². The maximum atomic E-state index is 12.5. The van der Waals surface area contributed by atoms with Crippen molar-refractivity contribution in [2.24, 2.45) is 0 Å². The summed E-state index contributed by atoms with van der Waals surface area (Å²) in [6.45, 7) is 5.37. The van der Waals surface area contributed by atoms with Gasteiger partial charge in [-0.1, -0.05) is 6.42 Å². The molecule has 1 aliphatic rings. The highest BCUT2D eigenvalue weighted by Crippen LogP contribution is 2.32. The van der Waals surface area contributed by atoms with Crippen molar-refractivity contribution < 1.29 is 9.53 Å². The van der Waals surface area contributed by atoms with E-state index in [0.29, 0.717) is 41.8 Å². The number of rotatable bonds is 4. The SMILES string of the molecule is CCNC(=S)Nc1c(C#N)c2n(c1C(=O)OCC)CCCCC2. The summed E-state index contributed by atoms with van der Waals surface area (Å²) >= 11 is 5.23. The molecule has 0 unspecified atom stereocenters. The molecule has 0 atom stereocenters. The van der Waals surface area contributed by atoms with Crippen LogP contribution in [0.25, 0.3) is 0 Å². The second-order valence-corrected chi connectivity index (χ2v) is 5.73. The second-order valence-electron chi connectivity index (χ2n) is 5.32.